The van der Waals surface area contributed by atoms with Gasteiger partial charge >= 0.3 is 5.91 Å². The Hall–Kier alpha value is -3.16. The molecule has 0 radical (unpaired) electrons. The van der Waals surface area contributed by atoms with Gasteiger partial charge in [0, 0.05) is 23.4 Å². The number of halogens is 2. The Morgan fingerprint density at radius 3 is 2.34 bits per heavy atom. The van der Waals surface area contributed by atoms with Gasteiger partial charge in [0.15, 0.2) is 12.4 Å². The van der Waals surface area contributed by atoms with Crippen LogP contribution in [0.2, 0.25) is 10.0 Å². The van der Waals surface area contributed by atoms with Crippen molar-refractivity contribution in [1.29, 1.82) is 0 Å². The average Bonchev–Trinajstić information content (AvgIpc) is 3.15. The summed E-state index contributed by atoms with van der Waals surface area (Å²) in [5, 5.41) is 3.64. The third-order valence-corrected chi connectivity index (χ3v) is 6.04. The summed E-state index contributed by atoms with van der Waals surface area (Å²) in [4.78, 5) is 41.4. The number of carbonyl (C=O) groups is 2. The minimum Gasteiger partial charge on any atom is -0.295 e. The van der Waals surface area contributed by atoms with Crippen LogP contribution in [0.1, 0.15) is 30.7 Å². The number of rotatable bonds is 4. The van der Waals surface area contributed by atoms with Gasteiger partial charge in [-0.1, -0.05) is 23.2 Å². The number of hydrogen-bond donors (Lipinski definition) is 1. The van der Waals surface area contributed by atoms with Crippen LogP contribution in [0.3, 0.4) is 0 Å². The number of hydrogen-bond acceptors (Lipinski definition) is 3. The molecule has 3 aromatic rings. The first-order valence-electron chi connectivity index (χ1n) is 9.99. The van der Waals surface area contributed by atoms with Crippen molar-refractivity contribution in [2.75, 3.05) is 0 Å². The lowest BCUT2D eigenvalue weighted by molar-refractivity contribution is -0.577. The summed E-state index contributed by atoms with van der Waals surface area (Å²) < 4.78 is 2.89. The molecule has 0 fully saturated rings. The Morgan fingerprint density at radius 1 is 1.00 bits per heavy atom. The summed E-state index contributed by atoms with van der Waals surface area (Å²) in [6.45, 7) is 7.09. The van der Waals surface area contributed by atoms with E-state index in [2.05, 4.69) is 5.10 Å². The average molecular weight is 472 g/mol. The molecule has 3 heterocycles. The van der Waals surface area contributed by atoms with Gasteiger partial charge in [-0.3, -0.25) is 24.4 Å². The van der Waals surface area contributed by atoms with Crippen LogP contribution in [-0.2, 0) is 9.59 Å². The van der Waals surface area contributed by atoms with E-state index in [-0.39, 0.29) is 27.9 Å². The number of aromatic nitrogens is 3. The van der Waals surface area contributed by atoms with E-state index < -0.39 is 17.4 Å². The van der Waals surface area contributed by atoms with E-state index in [4.69, 9.17) is 23.2 Å². The molecule has 0 aliphatic carbocycles. The first-order chi connectivity index (χ1) is 15.1. The Kier molecular flexibility index (Phi) is 5.56. The molecule has 2 aromatic heterocycles. The normalized spacial score (nSPS) is 14.3. The summed E-state index contributed by atoms with van der Waals surface area (Å²) >= 11 is 12.1. The van der Waals surface area contributed by atoms with Crippen LogP contribution < -0.4 is 10.1 Å². The summed E-state index contributed by atoms with van der Waals surface area (Å²) in [5.41, 5.74) is 1.71. The molecular weight excluding hydrogens is 451 g/mol. The van der Waals surface area contributed by atoms with Crippen molar-refractivity contribution in [2.24, 2.45) is 0 Å². The van der Waals surface area contributed by atoms with Gasteiger partial charge in [-0.2, -0.15) is 4.57 Å². The molecule has 0 unspecified atom stereocenters. The lowest BCUT2D eigenvalue weighted by atomic mass is 10.1. The van der Waals surface area contributed by atoms with Crippen molar-refractivity contribution in [3.8, 4) is 5.69 Å². The second kappa shape index (κ2) is 8.07. The Bertz CT molecular complexity index is 1370. The molecule has 4 rings (SSSR count). The van der Waals surface area contributed by atoms with E-state index in [1.165, 1.54) is 9.58 Å². The van der Waals surface area contributed by atoms with Crippen molar-refractivity contribution in [1.82, 2.24) is 14.7 Å². The molecular formula is C23H21Cl2N4O3+. The van der Waals surface area contributed by atoms with Gasteiger partial charge in [0.1, 0.15) is 5.57 Å². The number of benzene rings is 1. The van der Waals surface area contributed by atoms with E-state index in [0.29, 0.717) is 16.4 Å². The fourth-order valence-corrected chi connectivity index (χ4v) is 4.14. The van der Waals surface area contributed by atoms with Crippen molar-refractivity contribution in [3.63, 3.8) is 0 Å². The van der Waals surface area contributed by atoms with Crippen molar-refractivity contribution in [3.05, 3.63) is 79.9 Å². The highest BCUT2D eigenvalue weighted by molar-refractivity contribution is 6.44. The van der Waals surface area contributed by atoms with Crippen LogP contribution in [-0.4, -0.2) is 32.5 Å². The Morgan fingerprint density at radius 2 is 1.72 bits per heavy atom. The van der Waals surface area contributed by atoms with Crippen LogP contribution >= 0.6 is 23.2 Å². The van der Waals surface area contributed by atoms with E-state index in [0.717, 1.165) is 5.56 Å². The number of aromatic amines is 1. The fourth-order valence-electron chi connectivity index (χ4n) is 3.85. The maximum absolute atomic E-state index is 13.5. The van der Waals surface area contributed by atoms with E-state index in [1.54, 1.807) is 62.0 Å². The monoisotopic (exact) mass is 471 g/mol. The largest absolute Gasteiger partial charge is 0.327 e. The van der Waals surface area contributed by atoms with Gasteiger partial charge in [0.25, 0.3) is 17.2 Å². The van der Waals surface area contributed by atoms with Gasteiger partial charge < -0.3 is 0 Å². The molecule has 1 aliphatic rings. The molecule has 0 saturated carbocycles. The van der Waals surface area contributed by atoms with Crippen LogP contribution in [0.4, 0.5) is 0 Å². The maximum Gasteiger partial charge on any atom is 0.327 e. The van der Waals surface area contributed by atoms with Crippen LogP contribution in [0.5, 0.6) is 0 Å². The minimum atomic E-state index is -0.505. The highest BCUT2D eigenvalue weighted by atomic mass is 35.5. The SMILES string of the molecule is Cc1ccc[n+](C2=C(c3c(C)[nH]n(-c4ccc(Cl)c(Cl)c4)c3=O)C(=O)N(C(C)C)C2=O)c1. The standard InChI is InChI=1S/C23H20Cl2N4O3/c1-12(2)28-21(30)19(20(23(28)32)27-9-5-6-13(3)11-27)18-14(4)26-29(22(18)31)15-7-8-16(24)17(25)10-15/h5-12H,1-4H3/p+1. The molecule has 0 bridgehead atoms. The lowest BCUT2D eigenvalue weighted by Gasteiger charge is -2.17. The van der Waals surface area contributed by atoms with Crippen molar-refractivity contribution >= 4 is 46.3 Å². The smallest absolute Gasteiger partial charge is 0.295 e. The summed E-state index contributed by atoms with van der Waals surface area (Å²) in [6, 6.07) is 8.08. The summed E-state index contributed by atoms with van der Waals surface area (Å²) in [6.07, 6.45) is 3.45. The van der Waals surface area contributed by atoms with Gasteiger partial charge in [0.05, 0.1) is 21.3 Å². The van der Waals surface area contributed by atoms with Crippen molar-refractivity contribution < 1.29 is 14.2 Å². The number of amides is 2. The first kappa shape index (κ1) is 22.0. The zero-order chi connectivity index (χ0) is 23.3. The zero-order valence-corrected chi connectivity index (χ0v) is 19.5. The highest BCUT2D eigenvalue weighted by Crippen LogP contribution is 2.31. The predicted octanol–water partition coefficient (Wildman–Crippen LogP) is 3.52. The van der Waals surface area contributed by atoms with Crippen LogP contribution in [0, 0.1) is 13.8 Å². The molecule has 1 aromatic carbocycles. The Balaban J connectivity index is 2.00. The molecule has 1 aliphatic heterocycles. The number of pyridine rings is 1. The van der Waals surface area contributed by atoms with Gasteiger partial charge in [0.2, 0.25) is 0 Å². The van der Waals surface area contributed by atoms with E-state index in [1.807, 2.05) is 13.0 Å². The number of H-pyrrole nitrogens is 1. The van der Waals surface area contributed by atoms with Crippen LogP contribution in [0.15, 0.2) is 47.5 Å². The van der Waals surface area contributed by atoms with Gasteiger partial charge in [-0.15, -0.1) is 0 Å². The summed E-state index contributed by atoms with van der Waals surface area (Å²) in [7, 11) is 0. The number of imide groups is 1. The molecule has 32 heavy (non-hydrogen) atoms. The Labute approximate surface area is 194 Å². The number of aryl methyl sites for hydroxylation is 2. The van der Waals surface area contributed by atoms with Crippen molar-refractivity contribution in [2.45, 2.75) is 33.7 Å². The van der Waals surface area contributed by atoms with Gasteiger partial charge in [-0.25, -0.2) is 4.68 Å². The fraction of sp³-hybridized carbons (Fsp3) is 0.217. The first-order valence-corrected chi connectivity index (χ1v) is 10.7. The zero-order valence-electron chi connectivity index (χ0n) is 17.9. The molecule has 164 valence electrons. The molecule has 0 atom stereocenters. The third-order valence-electron chi connectivity index (χ3n) is 5.30. The number of nitrogens with zero attached hydrogens (tertiary/aromatic N) is 3. The summed E-state index contributed by atoms with van der Waals surface area (Å²) in [5.74, 6) is -0.953. The quantitative estimate of drug-likeness (QED) is 0.466. The molecule has 2 amide bonds. The number of carbonyl (C=O) groups excluding carboxylic acids is 2. The van der Waals surface area contributed by atoms with Gasteiger partial charge in [-0.05, 0) is 52.0 Å². The molecule has 0 spiro atoms. The van der Waals surface area contributed by atoms with E-state index in [9.17, 15) is 14.4 Å². The molecule has 7 nitrogen and oxygen atoms in total. The third kappa shape index (κ3) is 3.47. The minimum absolute atomic E-state index is 0.0665. The maximum atomic E-state index is 13.5. The van der Waals surface area contributed by atoms with E-state index >= 15 is 0 Å². The molecule has 1 N–H and O–H groups in total. The van der Waals surface area contributed by atoms with Crippen LogP contribution in [0.25, 0.3) is 17.0 Å². The molecule has 9 heteroatoms. The lowest BCUT2D eigenvalue weighted by Crippen LogP contribution is -2.42. The molecule has 0 saturated heterocycles. The second-order valence-corrected chi connectivity index (χ2v) is 8.75. The highest BCUT2D eigenvalue weighted by Gasteiger charge is 2.48. The number of nitrogens with one attached hydrogen (secondary N) is 1. The predicted molar refractivity (Wildman–Crippen MR) is 123 cm³/mol. The second-order valence-electron chi connectivity index (χ2n) is 7.94. The topological polar surface area (TPSA) is 79.1 Å².